The Labute approximate surface area is 252 Å². The predicted molar refractivity (Wildman–Crippen MR) is 154 cm³/mol. The standard InChI is InChI=1S/C32H27.C2H7Si.2ClH.Zr/c1-4-22-18-30-26(24-13-7-10-20(2)21(24)3)14-8-16-28(30)32(22)29-17-9-15-27-25-12-6-5-11-23(25)19-31(27)29;1-3-2;;;/h5-19,32H,4H2,1-3H3;3H,1-2H3;2*1H;/q;;;;+2/p-2. The molecule has 0 fully saturated rings. The summed E-state index contributed by atoms with van der Waals surface area (Å²) in [7, 11) is 0. The van der Waals surface area contributed by atoms with Crippen molar-refractivity contribution in [2.24, 2.45) is 0 Å². The molecule has 0 heterocycles. The average Bonchev–Trinajstić information content (AvgIpc) is 3.42. The fourth-order valence-electron chi connectivity index (χ4n) is 6.46. The van der Waals surface area contributed by atoms with Crippen LogP contribution in [0, 0.1) is 13.8 Å². The van der Waals surface area contributed by atoms with Gasteiger partial charge in [0, 0.05) is 0 Å². The normalized spacial score (nSPS) is 16.5. The van der Waals surface area contributed by atoms with Crippen LogP contribution in [0.1, 0.15) is 61.8 Å². The van der Waals surface area contributed by atoms with E-state index in [4.69, 9.17) is 0 Å². The molecule has 2 atom stereocenters. The molecule has 0 bridgehead atoms. The van der Waals surface area contributed by atoms with E-state index in [0.29, 0.717) is 9.54 Å². The number of allylic oxidation sites excluding steroid dienone is 1. The van der Waals surface area contributed by atoms with Crippen LogP contribution in [0.15, 0.2) is 84.4 Å². The van der Waals surface area contributed by atoms with E-state index >= 15 is 0 Å². The molecule has 0 radical (unpaired) electrons. The number of aryl methyl sites for hydroxylation is 1. The van der Waals surface area contributed by atoms with Crippen LogP contribution in [0.3, 0.4) is 0 Å². The first-order valence-electron chi connectivity index (χ1n) is 13.4. The molecule has 0 spiro atoms. The maximum Gasteiger partial charge on any atom is -1.00 e. The second kappa shape index (κ2) is 11.8. The zero-order chi connectivity index (χ0) is 25.0. The maximum absolute atomic E-state index is 2.58. The Balaban J connectivity index is 0.00000168. The van der Waals surface area contributed by atoms with E-state index in [-0.39, 0.29) is 24.8 Å². The molecule has 6 rings (SSSR count). The summed E-state index contributed by atoms with van der Waals surface area (Å²) in [5, 5.41) is 0. The third-order valence-electron chi connectivity index (χ3n) is 8.26. The maximum atomic E-state index is 2.58. The Morgan fingerprint density at radius 2 is 1.29 bits per heavy atom. The van der Waals surface area contributed by atoms with Crippen molar-refractivity contribution in [3.8, 4) is 22.3 Å². The molecule has 192 valence electrons. The Hall–Kier alpha value is -1.70. The van der Waals surface area contributed by atoms with Gasteiger partial charge in [0.25, 0.3) is 0 Å². The molecule has 0 saturated carbocycles. The minimum absolute atomic E-state index is 0. The molecule has 38 heavy (non-hydrogen) atoms. The quantitative estimate of drug-likeness (QED) is 0.297. The van der Waals surface area contributed by atoms with Crippen molar-refractivity contribution in [3.05, 3.63) is 123 Å². The van der Waals surface area contributed by atoms with Crippen LogP contribution >= 0.6 is 0 Å². The van der Waals surface area contributed by atoms with E-state index in [1.165, 1.54) is 44.5 Å². The molecule has 0 saturated heterocycles. The molecule has 2 aliphatic carbocycles. The third-order valence-corrected chi connectivity index (χ3v) is 18.1. The Bertz CT molecular complexity index is 1520. The fourth-order valence-corrected chi connectivity index (χ4v) is 16.4. The van der Waals surface area contributed by atoms with E-state index in [9.17, 15) is 0 Å². The summed E-state index contributed by atoms with van der Waals surface area (Å²) in [5.74, 6) is -0.220. The van der Waals surface area contributed by atoms with Crippen LogP contribution in [-0.4, -0.2) is 5.92 Å². The van der Waals surface area contributed by atoms with E-state index < -0.39 is 28.3 Å². The topological polar surface area (TPSA) is 0 Å². The predicted octanol–water partition coefficient (Wildman–Crippen LogP) is 3.05. The van der Waals surface area contributed by atoms with Gasteiger partial charge in [-0.2, -0.15) is 0 Å². The van der Waals surface area contributed by atoms with Gasteiger partial charge in [0.2, 0.25) is 0 Å². The van der Waals surface area contributed by atoms with Gasteiger partial charge >= 0.3 is 230 Å². The Morgan fingerprint density at radius 3 is 2.03 bits per heavy atom. The van der Waals surface area contributed by atoms with E-state index in [1.54, 1.807) is 22.3 Å². The molecule has 2 unspecified atom stereocenters. The molecule has 0 amide bonds. The second-order valence-corrected chi connectivity index (χ2v) is 25.7. The first-order chi connectivity index (χ1) is 17.5. The summed E-state index contributed by atoms with van der Waals surface area (Å²) in [6.45, 7) is 12.0. The Kier molecular flexibility index (Phi) is 9.10. The van der Waals surface area contributed by atoms with E-state index in [1.807, 2.05) is 0 Å². The van der Waals surface area contributed by atoms with Crippen LogP contribution in [-0.2, 0) is 22.4 Å². The monoisotopic (exact) mass is 630 g/mol. The van der Waals surface area contributed by atoms with Gasteiger partial charge in [0.15, 0.2) is 0 Å². The molecular weight excluding hydrogens is 599 g/mol. The number of benzene rings is 4. The second-order valence-electron chi connectivity index (χ2n) is 10.7. The van der Waals surface area contributed by atoms with Gasteiger partial charge in [-0.25, -0.2) is 0 Å². The minimum atomic E-state index is -0.590. The zero-order valence-corrected chi connectivity index (χ0v) is 27.9. The van der Waals surface area contributed by atoms with Gasteiger partial charge in [-0.1, -0.05) is 0 Å². The largest absolute Gasteiger partial charge is 1.00 e. The van der Waals surface area contributed by atoms with Gasteiger partial charge in [-0.05, 0) is 0 Å². The van der Waals surface area contributed by atoms with Gasteiger partial charge in [-0.3, -0.25) is 0 Å². The molecule has 0 N–H and O–H groups in total. The molecule has 2 aliphatic rings. The van der Waals surface area contributed by atoms with Crippen LogP contribution in [0.25, 0.3) is 28.3 Å². The summed E-state index contributed by atoms with van der Waals surface area (Å²) < 4.78 is 0.701. The van der Waals surface area contributed by atoms with Crippen LogP contribution in [0.2, 0.25) is 13.1 Å². The third kappa shape index (κ3) is 4.77. The first kappa shape index (κ1) is 29.3. The summed E-state index contributed by atoms with van der Waals surface area (Å²) in [6, 6.07) is 30.3. The van der Waals surface area contributed by atoms with Crippen molar-refractivity contribution in [3.63, 3.8) is 0 Å². The van der Waals surface area contributed by atoms with Gasteiger partial charge in [0.05, 0.1) is 0 Å². The first-order valence-corrected chi connectivity index (χ1v) is 21.9. The van der Waals surface area contributed by atoms with E-state index in [2.05, 4.69) is 119 Å². The molecule has 4 aromatic rings. The van der Waals surface area contributed by atoms with Gasteiger partial charge < -0.3 is 24.8 Å². The Morgan fingerprint density at radius 1 is 0.684 bits per heavy atom. The minimum Gasteiger partial charge on any atom is -1.00 e. The smallest absolute Gasteiger partial charge is 1.00 e. The molecule has 0 aromatic heterocycles. The number of fused-ring (bicyclic) bond motifs is 4. The van der Waals surface area contributed by atoms with Crippen LogP contribution in [0.5, 0.6) is 0 Å². The zero-order valence-electron chi connectivity index (χ0n) is 22.8. The van der Waals surface area contributed by atoms with Crippen molar-refractivity contribution < 1.29 is 47.2 Å². The van der Waals surface area contributed by atoms with Crippen molar-refractivity contribution in [1.82, 2.24) is 0 Å². The van der Waals surface area contributed by atoms with Crippen molar-refractivity contribution in [2.75, 3.05) is 0 Å². The number of halogens is 2. The number of hydrogen-bond acceptors (Lipinski definition) is 0. The van der Waals surface area contributed by atoms with Crippen LogP contribution < -0.4 is 24.8 Å². The van der Waals surface area contributed by atoms with Crippen molar-refractivity contribution in [2.45, 2.75) is 49.8 Å². The van der Waals surface area contributed by atoms with E-state index in [0.717, 1.165) is 6.42 Å². The molecule has 0 aliphatic heterocycles. The number of rotatable bonds is 5. The number of hydrogen-bond donors (Lipinski definition) is 0. The van der Waals surface area contributed by atoms with Gasteiger partial charge in [-0.15, -0.1) is 0 Å². The summed E-state index contributed by atoms with van der Waals surface area (Å²) in [6.07, 6.45) is 3.62. The average molecular weight is 633 g/mol. The SMILES string of the molecule is CCC1=Cc2c(-c3cccc(C)c3C)cccc2C1c1cccc2c1[CH]([Zr+2][SiH](C)C)c1ccccc1-2.[Cl-].[Cl-]. The summed E-state index contributed by atoms with van der Waals surface area (Å²) in [5.41, 5.74) is 17.9. The van der Waals surface area contributed by atoms with Crippen molar-refractivity contribution >= 4 is 12.0 Å². The molecule has 4 heteroatoms. The molecular formula is C34H34Cl2SiZr. The van der Waals surface area contributed by atoms with Crippen molar-refractivity contribution in [1.29, 1.82) is 0 Å². The van der Waals surface area contributed by atoms with Crippen LogP contribution in [0.4, 0.5) is 0 Å². The molecule has 4 aromatic carbocycles. The summed E-state index contributed by atoms with van der Waals surface area (Å²) in [4.78, 5) is 0. The summed E-state index contributed by atoms with van der Waals surface area (Å²) >= 11 is -0.520. The fraction of sp³-hybridized carbons (Fsp3) is 0.235. The molecule has 0 nitrogen and oxygen atoms in total. The van der Waals surface area contributed by atoms with Gasteiger partial charge in [0.1, 0.15) is 0 Å².